The van der Waals surface area contributed by atoms with Crippen molar-refractivity contribution in [1.82, 2.24) is 5.32 Å². The zero-order valence-corrected chi connectivity index (χ0v) is 16.7. The summed E-state index contributed by atoms with van der Waals surface area (Å²) in [6.07, 6.45) is -5.49. The number of aliphatic hydroxyl groups is 3. The van der Waals surface area contributed by atoms with E-state index in [4.69, 9.17) is 4.74 Å². The van der Waals surface area contributed by atoms with E-state index >= 15 is 0 Å². The van der Waals surface area contributed by atoms with Gasteiger partial charge in [0.15, 0.2) is 12.1 Å². The summed E-state index contributed by atoms with van der Waals surface area (Å²) in [5, 5.41) is 71.6. The monoisotopic (exact) mass is 449 g/mol. The third-order valence-corrected chi connectivity index (χ3v) is 5.20. The maximum atomic E-state index is 12.3. The van der Waals surface area contributed by atoms with E-state index in [0.717, 1.165) is 36.4 Å². The molecule has 1 heterocycles. The number of phenols is 4. The number of benzene rings is 2. The van der Waals surface area contributed by atoms with Gasteiger partial charge >= 0.3 is 0 Å². The van der Waals surface area contributed by atoms with E-state index in [1.807, 2.05) is 0 Å². The van der Waals surface area contributed by atoms with Crippen LogP contribution in [0.2, 0.25) is 0 Å². The second kappa shape index (κ2) is 9.01. The lowest BCUT2D eigenvalue weighted by Crippen LogP contribution is -2.50. The maximum Gasteiger partial charge on any atom is 0.251 e. The number of ether oxygens (including phenoxy) is 1. The Morgan fingerprint density at radius 2 is 1.38 bits per heavy atom. The molecule has 11 nitrogen and oxygen atoms in total. The van der Waals surface area contributed by atoms with Crippen LogP contribution in [-0.4, -0.2) is 78.1 Å². The summed E-state index contributed by atoms with van der Waals surface area (Å²) in [7, 11) is 0. The van der Waals surface area contributed by atoms with Crippen molar-refractivity contribution in [3.8, 4) is 23.0 Å². The molecule has 1 amide bonds. The Kier molecular flexibility index (Phi) is 6.55. The van der Waals surface area contributed by atoms with E-state index in [2.05, 4.69) is 5.32 Å². The van der Waals surface area contributed by atoms with Crippen LogP contribution in [0.5, 0.6) is 23.0 Å². The van der Waals surface area contributed by atoms with E-state index in [0.29, 0.717) is 0 Å². The summed E-state index contributed by atoms with van der Waals surface area (Å²) in [6.45, 7) is -0.329. The zero-order chi connectivity index (χ0) is 23.6. The second-order valence-corrected chi connectivity index (χ2v) is 7.57. The van der Waals surface area contributed by atoms with Crippen LogP contribution in [0, 0.1) is 0 Å². The molecule has 172 valence electrons. The Morgan fingerprint density at radius 1 is 0.875 bits per heavy atom. The number of phenolic OH excluding ortho intramolecular Hbond substituents is 4. The number of Topliss-reactive ketones (excluding diaryl/α,β-unsaturated/α-hetero) is 1. The number of rotatable bonds is 7. The maximum absolute atomic E-state index is 12.3. The SMILES string of the molecule is O=C(CC[C@]1(O)C(O)O[C@H](CNC(=O)c2cc(O)cc(O)c2)[C@H]1O)c1cc(O)cc(O)c1. The fourth-order valence-electron chi connectivity index (χ4n) is 3.49. The first-order valence-corrected chi connectivity index (χ1v) is 9.61. The topological polar surface area (TPSA) is 197 Å². The van der Waals surface area contributed by atoms with Crippen molar-refractivity contribution in [2.75, 3.05) is 6.54 Å². The van der Waals surface area contributed by atoms with Crippen LogP contribution in [0.15, 0.2) is 36.4 Å². The number of carbonyl (C=O) groups is 2. The van der Waals surface area contributed by atoms with Crippen molar-refractivity contribution in [3.63, 3.8) is 0 Å². The summed E-state index contributed by atoms with van der Waals surface area (Å²) in [4.78, 5) is 24.5. The van der Waals surface area contributed by atoms with E-state index in [1.54, 1.807) is 0 Å². The molecule has 0 aliphatic carbocycles. The molecule has 8 N–H and O–H groups in total. The van der Waals surface area contributed by atoms with E-state index in [-0.39, 0.29) is 47.1 Å². The van der Waals surface area contributed by atoms with Crippen molar-refractivity contribution in [2.24, 2.45) is 0 Å². The molecule has 2 aromatic carbocycles. The number of carbonyl (C=O) groups excluding carboxylic acids is 2. The number of aliphatic hydroxyl groups excluding tert-OH is 2. The van der Waals surface area contributed by atoms with Crippen LogP contribution in [0.25, 0.3) is 0 Å². The molecule has 1 saturated heterocycles. The van der Waals surface area contributed by atoms with Gasteiger partial charge in [0.05, 0.1) is 0 Å². The van der Waals surface area contributed by atoms with Crippen LogP contribution in [0.4, 0.5) is 0 Å². The van der Waals surface area contributed by atoms with Crippen LogP contribution in [-0.2, 0) is 4.74 Å². The molecule has 3 rings (SSSR count). The number of ketones is 1. The van der Waals surface area contributed by atoms with Crippen LogP contribution < -0.4 is 5.32 Å². The number of hydrogen-bond acceptors (Lipinski definition) is 10. The smallest absolute Gasteiger partial charge is 0.251 e. The third kappa shape index (κ3) is 4.92. The number of aromatic hydroxyl groups is 4. The Hall–Kier alpha value is -3.38. The zero-order valence-electron chi connectivity index (χ0n) is 16.7. The van der Waals surface area contributed by atoms with Crippen molar-refractivity contribution in [1.29, 1.82) is 0 Å². The number of nitrogens with one attached hydrogen (secondary N) is 1. The first-order valence-electron chi connectivity index (χ1n) is 9.61. The van der Waals surface area contributed by atoms with Gasteiger partial charge in [0, 0.05) is 36.2 Å². The minimum atomic E-state index is -2.22. The molecule has 11 heteroatoms. The van der Waals surface area contributed by atoms with Crippen LogP contribution in [0.3, 0.4) is 0 Å². The molecular formula is C21H23NO10. The van der Waals surface area contributed by atoms with Gasteiger partial charge in [0.2, 0.25) is 0 Å². The summed E-state index contributed by atoms with van der Waals surface area (Å²) in [6, 6.07) is 6.55. The molecule has 0 saturated carbocycles. The number of hydrogen-bond donors (Lipinski definition) is 8. The highest BCUT2D eigenvalue weighted by atomic mass is 16.6. The van der Waals surface area contributed by atoms with Gasteiger partial charge in [-0.25, -0.2) is 0 Å². The minimum absolute atomic E-state index is 0.0211. The summed E-state index contributed by atoms with van der Waals surface area (Å²) in [5.41, 5.74) is -2.30. The Labute approximate surface area is 181 Å². The standard InChI is InChI=1S/C21H23NO10/c23-12-3-10(4-13(24)7-12)16(27)1-2-21(31)18(28)17(32-20(21)30)9-22-19(29)11-5-14(25)8-15(26)6-11/h3-8,17-18,20,23-26,28,30-31H,1-2,9H2,(H,22,29)/t17-,18-,20?,21-/m1/s1. The molecule has 2 aromatic rings. The van der Waals surface area contributed by atoms with Gasteiger partial charge in [-0.3, -0.25) is 9.59 Å². The average molecular weight is 449 g/mol. The predicted octanol–water partition coefficient (Wildman–Crippen LogP) is -0.289. The molecule has 1 fully saturated rings. The average Bonchev–Trinajstić information content (AvgIpc) is 2.92. The minimum Gasteiger partial charge on any atom is -0.508 e. The largest absolute Gasteiger partial charge is 0.508 e. The Bertz CT molecular complexity index is 985. The quantitative estimate of drug-likeness (QED) is 0.260. The fourth-order valence-corrected chi connectivity index (χ4v) is 3.49. The molecule has 1 unspecified atom stereocenters. The Balaban J connectivity index is 1.61. The Morgan fingerprint density at radius 3 is 1.91 bits per heavy atom. The first-order chi connectivity index (χ1) is 15.0. The molecule has 1 aliphatic rings. The lowest BCUT2D eigenvalue weighted by molar-refractivity contribution is -0.177. The molecule has 32 heavy (non-hydrogen) atoms. The first kappa shape index (κ1) is 23.3. The van der Waals surface area contributed by atoms with Gasteiger partial charge in [0.25, 0.3) is 5.91 Å². The fraction of sp³-hybridized carbons (Fsp3) is 0.333. The van der Waals surface area contributed by atoms with Gasteiger partial charge < -0.3 is 45.8 Å². The van der Waals surface area contributed by atoms with Crippen molar-refractivity contribution in [2.45, 2.75) is 36.9 Å². The highest BCUT2D eigenvalue weighted by molar-refractivity contribution is 5.97. The van der Waals surface area contributed by atoms with Gasteiger partial charge in [-0.1, -0.05) is 0 Å². The summed E-state index contributed by atoms with van der Waals surface area (Å²) in [5.74, 6) is -2.59. The van der Waals surface area contributed by atoms with Crippen molar-refractivity contribution in [3.05, 3.63) is 47.5 Å². The van der Waals surface area contributed by atoms with Crippen molar-refractivity contribution < 1.29 is 50.1 Å². The van der Waals surface area contributed by atoms with E-state index in [9.17, 15) is 45.3 Å². The van der Waals surface area contributed by atoms with E-state index < -0.39 is 42.2 Å². The van der Waals surface area contributed by atoms with E-state index in [1.165, 1.54) is 0 Å². The van der Waals surface area contributed by atoms with Gasteiger partial charge in [-0.2, -0.15) is 0 Å². The highest BCUT2D eigenvalue weighted by Crippen LogP contribution is 2.34. The van der Waals surface area contributed by atoms with Crippen molar-refractivity contribution >= 4 is 11.7 Å². The second-order valence-electron chi connectivity index (χ2n) is 7.57. The molecule has 0 radical (unpaired) electrons. The predicted molar refractivity (Wildman–Crippen MR) is 107 cm³/mol. The highest BCUT2D eigenvalue weighted by Gasteiger charge is 2.54. The van der Waals surface area contributed by atoms with Crippen LogP contribution in [0.1, 0.15) is 33.6 Å². The molecule has 1 aliphatic heterocycles. The summed E-state index contributed by atoms with van der Waals surface area (Å²) < 4.78 is 5.15. The van der Waals surface area contributed by atoms with Gasteiger partial charge in [-0.15, -0.1) is 0 Å². The summed E-state index contributed by atoms with van der Waals surface area (Å²) >= 11 is 0. The lowest BCUT2D eigenvalue weighted by atomic mass is 9.88. The lowest BCUT2D eigenvalue weighted by Gasteiger charge is -2.28. The normalized spacial score (nSPS) is 24.9. The molecule has 0 bridgehead atoms. The molecule has 0 spiro atoms. The van der Waals surface area contributed by atoms with Crippen LogP contribution >= 0.6 is 0 Å². The molecular weight excluding hydrogens is 426 g/mol. The number of amides is 1. The third-order valence-electron chi connectivity index (χ3n) is 5.20. The molecule has 0 aromatic heterocycles. The van der Waals surface area contributed by atoms with Gasteiger partial charge in [0.1, 0.15) is 40.8 Å². The molecule has 4 atom stereocenters. The van der Waals surface area contributed by atoms with Gasteiger partial charge in [-0.05, 0) is 30.7 Å².